The third-order valence-electron chi connectivity index (χ3n) is 7.81. The Hall–Kier alpha value is -3.01. The standard InChI is InChI=1S/C27H35F5N8O2S/c1-25(2,3)43(42)38-22(16-4-5-16)18-12-21-35-20(15-39(21)33-13-18)23(17-6-8-26(28,29)9-7-17)36-24(41)19-14-34-40(37-19)11-10-27(30,31)32/h12-17,22-23,38H,4-11H2,1-3H3,(H,36,41)/t22?,23-,43-/m0/s1. The smallest absolute Gasteiger partial charge is 0.342 e. The normalized spacial score (nSPS) is 20.2. The summed E-state index contributed by atoms with van der Waals surface area (Å²) in [5.74, 6) is -3.55. The second kappa shape index (κ2) is 11.8. The van der Waals surface area contributed by atoms with E-state index in [1.807, 2.05) is 26.8 Å². The Morgan fingerprint density at radius 3 is 2.37 bits per heavy atom. The lowest BCUT2D eigenvalue weighted by atomic mass is 9.81. The largest absolute Gasteiger partial charge is 0.390 e. The van der Waals surface area contributed by atoms with Crippen LogP contribution in [0.2, 0.25) is 0 Å². The number of nitrogens with one attached hydrogen (secondary N) is 2. The van der Waals surface area contributed by atoms with E-state index in [4.69, 9.17) is 4.98 Å². The zero-order valence-electron chi connectivity index (χ0n) is 24.1. The monoisotopic (exact) mass is 630 g/mol. The van der Waals surface area contributed by atoms with Gasteiger partial charge in [-0.15, -0.1) is 5.10 Å². The van der Waals surface area contributed by atoms with Crippen molar-refractivity contribution in [3.05, 3.63) is 41.6 Å². The van der Waals surface area contributed by atoms with Gasteiger partial charge in [0, 0.05) is 18.9 Å². The molecule has 43 heavy (non-hydrogen) atoms. The molecule has 236 valence electrons. The van der Waals surface area contributed by atoms with Crippen LogP contribution in [0.15, 0.2) is 24.7 Å². The minimum atomic E-state index is -4.40. The predicted octanol–water partition coefficient (Wildman–Crippen LogP) is 5.07. The fraction of sp³-hybridized carbons (Fsp3) is 0.667. The molecule has 0 saturated heterocycles. The molecule has 1 amide bonds. The first-order valence-electron chi connectivity index (χ1n) is 14.3. The summed E-state index contributed by atoms with van der Waals surface area (Å²) in [6.45, 7) is 5.13. The van der Waals surface area contributed by atoms with Crippen LogP contribution < -0.4 is 10.0 Å². The lowest BCUT2D eigenvalue weighted by molar-refractivity contribution is -0.137. The molecule has 16 heteroatoms. The number of alkyl halides is 5. The maximum absolute atomic E-state index is 14.0. The van der Waals surface area contributed by atoms with E-state index >= 15 is 0 Å². The fourth-order valence-corrected chi connectivity index (χ4v) is 6.08. The number of amides is 1. The van der Waals surface area contributed by atoms with Gasteiger partial charge in [0.05, 0.1) is 59.0 Å². The summed E-state index contributed by atoms with van der Waals surface area (Å²) in [6.07, 6.45) is 0.398. The Bertz CT molecular complexity index is 1470. The van der Waals surface area contributed by atoms with Gasteiger partial charge < -0.3 is 5.32 Å². The van der Waals surface area contributed by atoms with Crippen LogP contribution in [-0.4, -0.2) is 56.6 Å². The molecule has 0 spiro atoms. The number of hydrogen-bond donors (Lipinski definition) is 2. The Labute approximate surface area is 247 Å². The Morgan fingerprint density at radius 2 is 1.74 bits per heavy atom. The molecule has 2 saturated carbocycles. The van der Waals surface area contributed by atoms with Crippen molar-refractivity contribution in [1.82, 2.24) is 39.6 Å². The van der Waals surface area contributed by atoms with Gasteiger partial charge in [0.15, 0.2) is 11.3 Å². The molecule has 3 atom stereocenters. The quantitative estimate of drug-likeness (QED) is 0.302. The summed E-state index contributed by atoms with van der Waals surface area (Å²) in [5, 5.41) is 14.9. The number of aryl methyl sites for hydroxylation is 1. The number of fused-ring (bicyclic) bond motifs is 1. The maximum Gasteiger partial charge on any atom is 0.390 e. The van der Waals surface area contributed by atoms with Gasteiger partial charge in [0.25, 0.3) is 5.91 Å². The van der Waals surface area contributed by atoms with Crippen LogP contribution in [0.5, 0.6) is 0 Å². The summed E-state index contributed by atoms with van der Waals surface area (Å²) < 4.78 is 83.0. The van der Waals surface area contributed by atoms with Crippen molar-refractivity contribution in [2.45, 2.75) is 101 Å². The number of hydrogen-bond acceptors (Lipinski definition) is 6. The van der Waals surface area contributed by atoms with E-state index in [-0.39, 0.29) is 43.3 Å². The number of carbonyl (C=O) groups is 1. The van der Waals surface area contributed by atoms with Gasteiger partial charge in [-0.1, -0.05) is 0 Å². The minimum Gasteiger partial charge on any atom is -0.342 e. The summed E-state index contributed by atoms with van der Waals surface area (Å²) >= 11 is 0. The Morgan fingerprint density at radius 1 is 1.07 bits per heavy atom. The summed E-state index contributed by atoms with van der Waals surface area (Å²) in [5.41, 5.74) is 1.51. The van der Waals surface area contributed by atoms with E-state index in [9.17, 15) is 31.0 Å². The number of carbonyl (C=O) groups excluding carboxylic acids is 1. The molecule has 2 aliphatic carbocycles. The van der Waals surface area contributed by atoms with Crippen molar-refractivity contribution >= 4 is 22.5 Å². The molecule has 2 aliphatic rings. The number of rotatable bonds is 10. The van der Waals surface area contributed by atoms with Crippen molar-refractivity contribution in [2.24, 2.45) is 11.8 Å². The van der Waals surface area contributed by atoms with Crippen LogP contribution in [0.1, 0.15) is 99.5 Å². The van der Waals surface area contributed by atoms with Crippen LogP contribution in [-0.2, 0) is 17.5 Å². The van der Waals surface area contributed by atoms with E-state index in [2.05, 4.69) is 25.3 Å². The molecule has 10 nitrogen and oxygen atoms in total. The first-order chi connectivity index (χ1) is 20.1. The van der Waals surface area contributed by atoms with Crippen molar-refractivity contribution < 1.29 is 31.0 Å². The molecular formula is C27H35F5N8O2S. The Kier molecular flexibility index (Phi) is 8.64. The van der Waals surface area contributed by atoms with Gasteiger partial charge in [0.1, 0.15) is 0 Å². The molecule has 0 bridgehead atoms. The molecular weight excluding hydrogens is 595 g/mol. The van der Waals surface area contributed by atoms with Crippen LogP contribution >= 0.6 is 0 Å². The van der Waals surface area contributed by atoms with Crippen molar-refractivity contribution in [1.29, 1.82) is 0 Å². The average molecular weight is 631 g/mol. The van der Waals surface area contributed by atoms with Gasteiger partial charge in [-0.2, -0.15) is 28.2 Å². The SMILES string of the molecule is CC(C)(C)[S@](=O)NC(c1cnn2cc([C@@H](NC(=O)c3cnn(CCC(F)(F)F)n3)C3CCC(F)(F)CC3)nc2c1)C1CC1. The van der Waals surface area contributed by atoms with Crippen LogP contribution in [0, 0.1) is 11.8 Å². The fourth-order valence-electron chi connectivity index (χ4n) is 5.17. The summed E-state index contributed by atoms with van der Waals surface area (Å²) in [7, 11) is -1.31. The lowest BCUT2D eigenvalue weighted by Crippen LogP contribution is -2.37. The molecule has 2 N–H and O–H groups in total. The zero-order valence-corrected chi connectivity index (χ0v) is 24.9. The highest BCUT2D eigenvalue weighted by molar-refractivity contribution is 7.84. The highest BCUT2D eigenvalue weighted by atomic mass is 32.2. The highest BCUT2D eigenvalue weighted by Crippen LogP contribution is 2.43. The highest BCUT2D eigenvalue weighted by Gasteiger charge is 2.40. The molecule has 3 aromatic rings. The predicted molar refractivity (Wildman–Crippen MR) is 147 cm³/mol. The molecule has 0 aliphatic heterocycles. The topological polar surface area (TPSA) is 119 Å². The van der Waals surface area contributed by atoms with Crippen molar-refractivity contribution in [3.8, 4) is 0 Å². The number of imidazole rings is 1. The van der Waals surface area contributed by atoms with Crippen LogP contribution in [0.3, 0.4) is 0 Å². The molecule has 1 unspecified atom stereocenters. The minimum absolute atomic E-state index is 0.134. The van der Waals surface area contributed by atoms with Gasteiger partial charge in [0.2, 0.25) is 5.92 Å². The molecule has 3 heterocycles. The number of halogens is 5. The average Bonchev–Trinajstić information content (AvgIpc) is 3.48. The van der Waals surface area contributed by atoms with Gasteiger partial charge in [-0.05, 0) is 69.9 Å². The summed E-state index contributed by atoms with van der Waals surface area (Å²) in [6, 6.07) is 0.875. The maximum atomic E-state index is 14.0. The number of nitrogens with zero attached hydrogens (tertiary/aromatic N) is 6. The van der Waals surface area contributed by atoms with Gasteiger partial charge in [-0.25, -0.2) is 27.2 Å². The second-order valence-electron chi connectivity index (χ2n) is 12.4. The lowest BCUT2D eigenvalue weighted by Gasteiger charge is -2.33. The van der Waals surface area contributed by atoms with Crippen LogP contribution in [0.4, 0.5) is 22.0 Å². The van der Waals surface area contributed by atoms with Crippen molar-refractivity contribution in [2.75, 3.05) is 0 Å². The van der Waals surface area contributed by atoms with Gasteiger partial charge in [-0.3, -0.25) is 4.79 Å². The molecule has 5 rings (SSSR count). The molecule has 0 radical (unpaired) electrons. The summed E-state index contributed by atoms with van der Waals surface area (Å²) in [4.78, 5) is 18.7. The third-order valence-corrected chi connectivity index (χ3v) is 9.39. The zero-order chi connectivity index (χ0) is 31.2. The Balaban J connectivity index is 1.39. The third kappa shape index (κ3) is 7.94. The van der Waals surface area contributed by atoms with E-state index in [1.54, 1.807) is 12.4 Å². The van der Waals surface area contributed by atoms with E-state index in [0.29, 0.717) is 17.3 Å². The van der Waals surface area contributed by atoms with Crippen LogP contribution in [0.25, 0.3) is 5.65 Å². The van der Waals surface area contributed by atoms with Crippen molar-refractivity contribution in [3.63, 3.8) is 0 Å². The van der Waals surface area contributed by atoms with E-state index < -0.39 is 52.7 Å². The van der Waals surface area contributed by atoms with Gasteiger partial charge >= 0.3 is 6.18 Å². The first kappa shape index (κ1) is 31.4. The number of aromatic nitrogens is 6. The first-order valence-corrected chi connectivity index (χ1v) is 15.4. The molecule has 2 fully saturated rings. The second-order valence-corrected chi connectivity index (χ2v) is 14.4. The molecule has 3 aromatic heterocycles. The van der Waals surface area contributed by atoms with E-state index in [1.165, 1.54) is 4.52 Å². The molecule has 0 aromatic carbocycles. The van der Waals surface area contributed by atoms with E-state index in [0.717, 1.165) is 29.4 Å².